The maximum Gasteiger partial charge on any atom is 0.0470 e. The van der Waals surface area contributed by atoms with Crippen molar-refractivity contribution in [1.29, 1.82) is 0 Å². The van der Waals surface area contributed by atoms with Crippen molar-refractivity contribution in [2.24, 2.45) is 17.6 Å². The van der Waals surface area contributed by atoms with Crippen molar-refractivity contribution in [3.63, 3.8) is 0 Å². The first kappa shape index (κ1) is 14.1. The van der Waals surface area contributed by atoms with Gasteiger partial charge in [-0.05, 0) is 68.1 Å². The van der Waals surface area contributed by atoms with Gasteiger partial charge in [-0.3, -0.25) is 4.90 Å². The van der Waals surface area contributed by atoms with E-state index < -0.39 is 0 Å². The standard InChI is InChI=1S/C18H28N2/c1-13-3-8-17(9-14(13)2)18(10-19)20(11-15-4-5-15)12-16-6-7-16/h3,8-9,15-16,18H,4-7,10-12,19H2,1-2H3. The third kappa shape index (κ3) is 3.42. The topological polar surface area (TPSA) is 29.3 Å². The van der Waals surface area contributed by atoms with Gasteiger partial charge in [0.25, 0.3) is 0 Å². The fraction of sp³-hybridized carbons (Fsp3) is 0.667. The quantitative estimate of drug-likeness (QED) is 0.824. The highest BCUT2D eigenvalue weighted by Crippen LogP contribution is 2.37. The van der Waals surface area contributed by atoms with E-state index in [1.807, 2.05) is 0 Å². The summed E-state index contributed by atoms with van der Waals surface area (Å²) in [5, 5.41) is 0. The van der Waals surface area contributed by atoms with Crippen LogP contribution in [0.4, 0.5) is 0 Å². The number of benzene rings is 1. The lowest BCUT2D eigenvalue weighted by Crippen LogP contribution is -2.36. The molecule has 1 aromatic rings. The lowest BCUT2D eigenvalue weighted by atomic mass is 9.99. The molecule has 0 aliphatic heterocycles. The first-order chi connectivity index (χ1) is 9.67. The summed E-state index contributed by atoms with van der Waals surface area (Å²) in [5.41, 5.74) is 10.3. The summed E-state index contributed by atoms with van der Waals surface area (Å²) < 4.78 is 0. The molecule has 2 heteroatoms. The molecule has 2 nitrogen and oxygen atoms in total. The molecule has 2 aliphatic carbocycles. The molecule has 0 aromatic heterocycles. The Hall–Kier alpha value is -0.860. The number of hydrogen-bond donors (Lipinski definition) is 1. The Kier molecular flexibility index (Phi) is 4.13. The number of nitrogens with zero attached hydrogens (tertiary/aromatic N) is 1. The van der Waals surface area contributed by atoms with Gasteiger partial charge in [0, 0.05) is 25.7 Å². The lowest BCUT2D eigenvalue weighted by Gasteiger charge is -2.32. The first-order valence-corrected chi connectivity index (χ1v) is 8.18. The molecule has 1 aromatic carbocycles. The van der Waals surface area contributed by atoms with E-state index >= 15 is 0 Å². The molecule has 1 unspecified atom stereocenters. The molecular formula is C18H28N2. The van der Waals surface area contributed by atoms with E-state index in [4.69, 9.17) is 5.73 Å². The number of aryl methyl sites for hydroxylation is 2. The van der Waals surface area contributed by atoms with Crippen molar-refractivity contribution in [3.8, 4) is 0 Å². The van der Waals surface area contributed by atoms with Crippen LogP contribution in [0.15, 0.2) is 18.2 Å². The Morgan fingerprint density at radius 1 is 1.05 bits per heavy atom. The predicted octanol–water partition coefficient (Wildman–Crippen LogP) is 3.43. The highest BCUT2D eigenvalue weighted by molar-refractivity contribution is 5.32. The van der Waals surface area contributed by atoms with Crippen molar-refractivity contribution in [1.82, 2.24) is 4.90 Å². The van der Waals surface area contributed by atoms with Crippen molar-refractivity contribution >= 4 is 0 Å². The smallest absolute Gasteiger partial charge is 0.0470 e. The Morgan fingerprint density at radius 3 is 2.10 bits per heavy atom. The molecule has 20 heavy (non-hydrogen) atoms. The number of rotatable bonds is 7. The van der Waals surface area contributed by atoms with Crippen molar-refractivity contribution in [2.45, 2.75) is 45.6 Å². The van der Waals surface area contributed by atoms with E-state index in [0.29, 0.717) is 6.04 Å². The number of nitrogens with two attached hydrogens (primary N) is 1. The van der Waals surface area contributed by atoms with Crippen LogP contribution in [-0.2, 0) is 0 Å². The molecule has 0 radical (unpaired) electrons. The average molecular weight is 272 g/mol. The average Bonchev–Trinajstić information content (AvgIpc) is 3.30. The first-order valence-electron chi connectivity index (χ1n) is 8.18. The molecule has 2 aliphatic rings. The summed E-state index contributed by atoms with van der Waals surface area (Å²) >= 11 is 0. The van der Waals surface area contributed by atoms with Crippen LogP contribution in [-0.4, -0.2) is 24.5 Å². The highest BCUT2D eigenvalue weighted by Gasteiger charge is 2.32. The van der Waals surface area contributed by atoms with Gasteiger partial charge in [0.1, 0.15) is 0 Å². The monoisotopic (exact) mass is 272 g/mol. The highest BCUT2D eigenvalue weighted by atomic mass is 15.2. The third-order valence-corrected chi connectivity index (χ3v) is 4.96. The molecule has 1 atom stereocenters. The van der Waals surface area contributed by atoms with Crippen LogP contribution in [0.2, 0.25) is 0 Å². The van der Waals surface area contributed by atoms with E-state index in [1.54, 1.807) is 0 Å². The zero-order valence-corrected chi connectivity index (χ0v) is 12.9. The molecule has 3 rings (SSSR count). The molecule has 2 saturated carbocycles. The molecule has 0 spiro atoms. The molecule has 0 saturated heterocycles. The van der Waals surface area contributed by atoms with Crippen molar-refractivity contribution in [2.75, 3.05) is 19.6 Å². The SMILES string of the molecule is Cc1ccc(C(CN)N(CC2CC2)CC2CC2)cc1C. The lowest BCUT2D eigenvalue weighted by molar-refractivity contribution is 0.185. The zero-order chi connectivity index (χ0) is 14.1. The number of hydrogen-bond acceptors (Lipinski definition) is 2. The van der Waals surface area contributed by atoms with Crippen LogP contribution in [0.3, 0.4) is 0 Å². The summed E-state index contributed by atoms with van der Waals surface area (Å²) in [7, 11) is 0. The van der Waals surface area contributed by atoms with Crippen LogP contribution in [0, 0.1) is 25.7 Å². The van der Waals surface area contributed by atoms with Gasteiger partial charge < -0.3 is 5.73 Å². The summed E-state index contributed by atoms with van der Waals surface area (Å²) in [6.45, 7) is 7.64. The molecule has 2 fully saturated rings. The fourth-order valence-electron chi connectivity index (χ4n) is 3.06. The van der Waals surface area contributed by atoms with Gasteiger partial charge in [-0.2, -0.15) is 0 Å². The van der Waals surface area contributed by atoms with E-state index in [9.17, 15) is 0 Å². The Balaban J connectivity index is 1.77. The van der Waals surface area contributed by atoms with Gasteiger partial charge in [-0.25, -0.2) is 0 Å². The van der Waals surface area contributed by atoms with Gasteiger partial charge in [-0.1, -0.05) is 18.2 Å². The van der Waals surface area contributed by atoms with Crippen LogP contribution < -0.4 is 5.73 Å². The second-order valence-electron chi connectivity index (χ2n) is 6.94. The Morgan fingerprint density at radius 2 is 1.65 bits per heavy atom. The summed E-state index contributed by atoms with van der Waals surface area (Å²) in [6.07, 6.45) is 5.69. The van der Waals surface area contributed by atoms with Crippen molar-refractivity contribution < 1.29 is 0 Å². The predicted molar refractivity (Wildman–Crippen MR) is 84.7 cm³/mol. The van der Waals surface area contributed by atoms with E-state index in [2.05, 4.69) is 36.9 Å². The molecule has 110 valence electrons. The minimum atomic E-state index is 0.412. The fourth-order valence-corrected chi connectivity index (χ4v) is 3.06. The second-order valence-corrected chi connectivity index (χ2v) is 6.94. The summed E-state index contributed by atoms with van der Waals surface area (Å²) in [4.78, 5) is 2.68. The van der Waals surface area contributed by atoms with Crippen LogP contribution in [0.5, 0.6) is 0 Å². The van der Waals surface area contributed by atoms with Crippen molar-refractivity contribution in [3.05, 3.63) is 34.9 Å². The third-order valence-electron chi connectivity index (χ3n) is 4.96. The van der Waals surface area contributed by atoms with E-state index in [-0.39, 0.29) is 0 Å². The van der Waals surface area contributed by atoms with Crippen LogP contribution in [0.1, 0.15) is 48.4 Å². The maximum absolute atomic E-state index is 6.14. The largest absolute Gasteiger partial charge is 0.329 e. The van der Waals surface area contributed by atoms with Gasteiger partial charge in [-0.15, -0.1) is 0 Å². The molecule has 2 N–H and O–H groups in total. The maximum atomic E-state index is 6.14. The molecular weight excluding hydrogens is 244 g/mol. The molecule has 0 amide bonds. The molecule has 0 heterocycles. The van der Waals surface area contributed by atoms with E-state index in [0.717, 1.165) is 18.4 Å². The normalized spacial score (nSPS) is 20.4. The second kappa shape index (κ2) is 5.87. The Labute approximate surface area is 123 Å². The van der Waals surface area contributed by atoms with Gasteiger partial charge in [0.05, 0.1) is 0 Å². The minimum Gasteiger partial charge on any atom is -0.329 e. The van der Waals surface area contributed by atoms with Gasteiger partial charge in [0.2, 0.25) is 0 Å². The zero-order valence-electron chi connectivity index (χ0n) is 12.9. The van der Waals surface area contributed by atoms with Gasteiger partial charge >= 0.3 is 0 Å². The van der Waals surface area contributed by atoms with Crippen LogP contribution in [0.25, 0.3) is 0 Å². The summed E-state index contributed by atoms with van der Waals surface area (Å²) in [6, 6.07) is 7.29. The molecule has 0 bridgehead atoms. The van der Waals surface area contributed by atoms with Gasteiger partial charge in [0.15, 0.2) is 0 Å². The van der Waals surface area contributed by atoms with Crippen LogP contribution >= 0.6 is 0 Å². The summed E-state index contributed by atoms with van der Waals surface area (Å²) in [5.74, 6) is 1.88. The Bertz CT molecular complexity index is 446. The minimum absolute atomic E-state index is 0.412. The van der Waals surface area contributed by atoms with E-state index in [1.165, 1.54) is 55.5 Å².